The Labute approximate surface area is 186 Å². The Bertz CT molecular complexity index is 613. The van der Waals surface area contributed by atoms with Crippen LogP contribution < -0.4 is 4.74 Å². The van der Waals surface area contributed by atoms with Gasteiger partial charge in [-0.1, -0.05) is 90.2 Å². The summed E-state index contributed by atoms with van der Waals surface area (Å²) in [5, 5.41) is 0. The van der Waals surface area contributed by atoms with E-state index in [9.17, 15) is 4.79 Å². The predicted molar refractivity (Wildman–Crippen MR) is 128 cm³/mol. The maximum absolute atomic E-state index is 12.2. The normalized spacial score (nSPS) is 15.8. The van der Waals surface area contributed by atoms with Gasteiger partial charge < -0.3 is 4.74 Å². The molecule has 0 aromatic heterocycles. The van der Waals surface area contributed by atoms with Crippen molar-refractivity contribution in [2.45, 2.75) is 130 Å². The van der Waals surface area contributed by atoms with Crippen LogP contribution in [0.25, 0.3) is 0 Å². The first kappa shape index (κ1) is 25.0. The second kappa shape index (κ2) is 13.9. The molecule has 0 radical (unpaired) electrons. The number of aryl methyl sites for hydroxylation is 2. The van der Waals surface area contributed by atoms with E-state index in [0.717, 1.165) is 30.6 Å². The van der Waals surface area contributed by atoms with Gasteiger partial charge in [-0.15, -0.1) is 0 Å². The second-order valence-electron chi connectivity index (χ2n) is 9.76. The van der Waals surface area contributed by atoms with Crippen molar-refractivity contribution in [3.8, 4) is 5.75 Å². The molecule has 0 unspecified atom stereocenters. The number of carbonyl (C=O) groups is 1. The first-order chi connectivity index (χ1) is 14.6. The van der Waals surface area contributed by atoms with E-state index in [1.165, 1.54) is 89.0 Å². The standard InChI is InChI=1S/C28H46O2/c1-4-6-8-9-11-15-27(29)30-26-17-16-25(23-24(26)3)18-22-28(19-12-7-5-2)20-13-10-14-21-28/h16-17,23H,4-15,18-22H2,1-3H3. The van der Waals surface area contributed by atoms with E-state index in [1.54, 1.807) is 0 Å². The molecule has 1 aromatic carbocycles. The molecule has 170 valence electrons. The highest BCUT2D eigenvalue weighted by atomic mass is 16.5. The molecular weight excluding hydrogens is 368 g/mol. The summed E-state index contributed by atoms with van der Waals surface area (Å²) < 4.78 is 5.65. The Kier molecular flexibility index (Phi) is 11.6. The lowest BCUT2D eigenvalue weighted by Gasteiger charge is -2.38. The Morgan fingerprint density at radius 2 is 1.60 bits per heavy atom. The largest absolute Gasteiger partial charge is 0.426 e. The van der Waals surface area contributed by atoms with Gasteiger partial charge in [0.15, 0.2) is 0 Å². The van der Waals surface area contributed by atoms with E-state index in [0.29, 0.717) is 11.8 Å². The molecule has 0 aliphatic heterocycles. The predicted octanol–water partition coefficient (Wildman–Crippen LogP) is 8.72. The van der Waals surface area contributed by atoms with Crippen molar-refractivity contribution < 1.29 is 9.53 Å². The molecule has 0 amide bonds. The zero-order valence-electron chi connectivity index (χ0n) is 20.1. The van der Waals surface area contributed by atoms with Gasteiger partial charge in [0.25, 0.3) is 0 Å². The van der Waals surface area contributed by atoms with Crippen LogP contribution in [0.3, 0.4) is 0 Å². The van der Waals surface area contributed by atoms with E-state index < -0.39 is 0 Å². The highest BCUT2D eigenvalue weighted by Gasteiger charge is 2.30. The first-order valence-electron chi connectivity index (χ1n) is 12.9. The zero-order chi connectivity index (χ0) is 21.7. The van der Waals surface area contributed by atoms with Crippen molar-refractivity contribution in [1.29, 1.82) is 0 Å². The Balaban J connectivity index is 1.84. The molecule has 2 heteroatoms. The van der Waals surface area contributed by atoms with Crippen LogP contribution in [0, 0.1) is 12.3 Å². The van der Waals surface area contributed by atoms with Crippen molar-refractivity contribution in [3.63, 3.8) is 0 Å². The van der Waals surface area contributed by atoms with Crippen LogP contribution in [0.2, 0.25) is 0 Å². The smallest absolute Gasteiger partial charge is 0.311 e. The summed E-state index contributed by atoms with van der Waals surface area (Å²) in [4.78, 5) is 12.2. The van der Waals surface area contributed by atoms with Gasteiger partial charge in [0.2, 0.25) is 0 Å². The van der Waals surface area contributed by atoms with Gasteiger partial charge in [-0.25, -0.2) is 0 Å². The number of esters is 1. The molecule has 0 saturated heterocycles. The summed E-state index contributed by atoms with van der Waals surface area (Å²) in [6.07, 6.45) is 21.4. The molecule has 0 heterocycles. The zero-order valence-corrected chi connectivity index (χ0v) is 20.1. The fourth-order valence-corrected chi connectivity index (χ4v) is 5.11. The molecule has 0 atom stereocenters. The minimum atomic E-state index is -0.0839. The van der Waals surface area contributed by atoms with E-state index in [1.807, 2.05) is 6.07 Å². The highest BCUT2D eigenvalue weighted by Crippen LogP contribution is 2.44. The average Bonchev–Trinajstić information content (AvgIpc) is 2.75. The monoisotopic (exact) mass is 414 g/mol. The number of carbonyl (C=O) groups excluding carboxylic acids is 1. The lowest BCUT2D eigenvalue weighted by atomic mass is 9.68. The van der Waals surface area contributed by atoms with E-state index in [-0.39, 0.29) is 5.97 Å². The minimum Gasteiger partial charge on any atom is -0.426 e. The molecule has 0 spiro atoms. The van der Waals surface area contributed by atoms with Gasteiger partial charge in [0.05, 0.1) is 0 Å². The maximum Gasteiger partial charge on any atom is 0.311 e. The van der Waals surface area contributed by atoms with Gasteiger partial charge >= 0.3 is 5.97 Å². The molecule has 1 aliphatic carbocycles. The van der Waals surface area contributed by atoms with Crippen LogP contribution >= 0.6 is 0 Å². The lowest BCUT2D eigenvalue weighted by Crippen LogP contribution is -2.25. The third-order valence-corrected chi connectivity index (χ3v) is 7.12. The number of ether oxygens (including phenoxy) is 1. The van der Waals surface area contributed by atoms with E-state index in [2.05, 4.69) is 32.9 Å². The summed E-state index contributed by atoms with van der Waals surface area (Å²) in [5.41, 5.74) is 3.06. The van der Waals surface area contributed by atoms with Crippen molar-refractivity contribution in [3.05, 3.63) is 29.3 Å². The molecule has 2 nitrogen and oxygen atoms in total. The number of unbranched alkanes of at least 4 members (excludes halogenated alkanes) is 6. The molecular formula is C28H46O2. The first-order valence-corrected chi connectivity index (χ1v) is 12.9. The van der Waals surface area contributed by atoms with Gasteiger partial charge in [-0.3, -0.25) is 4.79 Å². The maximum atomic E-state index is 12.2. The van der Waals surface area contributed by atoms with Crippen LogP contribution in [0.1, 0.15) is 128 Å². The van der Waals surface area contributed by atoms with Gasteiger partial charge in [0, 0.05) is 6.42 Å². The molecule has 0 bridgehead atoms. The molecule has 1 saturated carbocycles. The highest BCUT2D eigenvalue weighted by molar-refractivity contribution is 5.72. The SMILES string of the molecule is CCCCCCCC(=O)Oc1ccc(CCC2(CCCCC)CCCCC2)cc1C. The number of hydrogen-bond acceptors (Lipinski definition) is 2. The van der Waals surface area contributed by atoms with Crippen LogP contribution in [0.15, 0.2) is 18.2 Å². The van der Waals surface area contributed by atoms with Gasteiger partial charge in [-0.2, -0.15) is 0 Å². The van der Waals surface area contributed by atoms with Crippen molar-refractivity contribution >= 4 is 5.97 Å². The third kappa shape index (κ3) is 8.82. The molecule has 1 aromatic rings. The molecule has 2 rings (SSSR count). The van der Waals surface area contributed by atoms with Crippen LogP contribution in [-0.2, 0) is 11.2 Å². The summed E-state index contributed by atoms with van der Waals surface area (Å²) >= 11 is 0. The molecule has 0 N–H and O–H groups in total. The van der Waals surface area contributed by atoms with Crippen molar-refractivity contribution in [2.24, 2.45) is 5.41 Å². The summed E-state index contributed by atoms with van der Waals surface area (Å²) in [7, 11) is 0. The van der Waals surface area contributed by atoms with E-state index in [4.69, 9.17) is 4.74 Å². The fraction of sp³-hybridized carbons (Fsp3) is 0.750. The second-order valence-corrected chi connectivity index (χ2v) is 9.76. The molecule has 30 heavy (non-hydrogen) atoms. The quantitative estimate of drug-likeness (QED) is 0.173. The summed E-state index contributed by atoms with van der Waals surface area (Å²) in [5.74, 6) is 0.659. The number of rotatable bonds is 14. The summed E-state index contributed by atoms with van der Waals surface area (Å²) in [6, 6.07) is 6.44. The van der Waals surface area contributed by atoms with Crippen LogP contribution in [0.5, 0.6) is 5.75 Å². The summed E-state index contributed by atoms with van der Waals surface area (Å²) in [6.45, 7) is 6.59. The molecule has 1 fully saturated rings. The number of benzene rings is 1. The van der Waals surface area contributed by atoms with Gasteiger partial charge in [0.1, 0.15) is 5.75 Å². The fourth-order valence-electron chi connectivity index (χ4n) is 5.11. The lowest BCUT2D eigenvalue weighted by molar-refractivity contribution is -0.134. The topological polar surface area (TPSA) is 26.3 Å². The van der Waals surface area contributed by atoms with Crippen LogP contribution in [0.4, 0.5) is 0 Å². The Morgan fingerprint density at radius 3 is 2.30 bits per heavy atom. The Morgan fingerprint density at radius 1 is 0.900 bits per heavy atom. The number of hydrogen-bond donors (Lipinski definition) is 0. The minimum absolute atomic E-state index is 0.0839. The molecule has 1 aliphatic rings. The Hall–Kier alpha value is -1.31. The van der Waals surface area contributed by atoms with Gasteiger partial charge in [-0.05, 0) is 68.1 Å². The average molecular weight is 415 g/mol. The van der Waals surface area contributed by atoms with E-state index >= 15 is 0 Å². The van der Waals surface area contributed by atoms with Crippen molar-refractivity contribution in [2.75, 3.05) is 0 Å². The third-order valence-electron chi connectivity index (χ3n) is 7.12. The van der Waals surface area contributed by atoms with Crippen molar-refractivity contribution in [1.82, 2.24) is 0 Å². The van der Waals surface area contributed by atoms with Crippen LogP contribution in [-0.4, -0.2) is 5.97 Å².